The van der Waals surface area contributed by atoms with Gasteiger partial charge in [-0.1, -0.05) is 0 Å². The Hall–Kier alpha value is -1.16. The summed E-state index contributed by atoms with van der Waals surface area (Å²) in [7, 11) is 0. The maximum absolute atomic E-state index is 4.16. The van der Waals surface area contributed by atoms with Crippen LogP contribution in [0.2, 0.25) is 0 Å². The molecule has 1 aromatic heterocycles. The molecule has 0 bridgehead atoms. The normalized spacial score (nSPS) is 15.7. The third kappa shape index (κ3) is 3.47. The van der Waals surface area contributed by atoms with E-state index in [9.17, 15) is 0 Å². The summed E-state index contributed by atoms with van der Waals surface area (Å²) in [5.41, 5.74) is 1.01. The van der Waals surface area contributed by atoms with Crippen LogP contribution >= 0.6 is 0 Å². The van der Waals surface area contributed by atoms with Gasteiger partial charge in [-0.2, -0.15) is 5.10 Å². The Morgan fingerprint density at radius 1 is 1.33 bits per heavy atom. The second kappa shape index (κ2) is 4.57. The van der Waals surface area contributed by atoms with Crippen molar-refractivity contribution in [2.75, 3.05) is 5.32 Å². The summed E-state index contributed by atoms with van der Waals surface area (Å²) in [6.45, 7) is 5.01. The Bertz CT molecular complexity index is 303. The summed E-state index contributed by atoms with van der Waals surface area (Å²) >= 11 is 0. The topological polar surface area (TPSA) is 49.8 Å². The molecule has 0 aliphatic heterocycles. The van der Waals surface area contributed by atoms with Crippen molar-refractivity contribution >= 4 is 5.82 Å². The van der Waals surface area contributed by atoms with Crippen LogP contribution < -0.4 is 10.6 Å². The second-order valence-corrected chi connectivity index (χ2v) is 4.36. The quantitative estimate of drug-likeness (QED) is 0.767. The molecule has 0 spiro atoms. The van der Waals surface area contributed by atoms with Gasteiger partial charge in [-0.15, -0.1) is 5.10 Å². The molecule has 2 N–H and O–H groups in total. The highest BCUT2D eigenvalue weighted by Gasteiger charge is 2.20. The van der Waals surface area contributed by atoms with Gasteiger partial charge in [-0.3, -0.25) is 0 Å². The summed E-state index contributed by atoms with van der Waals surface area (Å²) in [6.07, 6.45) is 2.61. The predicted octanol–water partition coefficient (Wildman–Crippen LogP) is 1.55. The number of nitrogens with zero attached hydrogens (tertiary/aromatic N) is 2. The lowest BCUT2D eigenvalue weighted by Crippen LogP contribution is -2.17. The molecule has 4 heteroatoms. The van der Waals surface area contributed by atoms with E-state index in [0.717, 1.165) is 24.1 Å². The Labute approximate surface area is 90.5 Å². The smallest absolute Gasteiger partial charge is 0.148 e. The molecule has 82 valence electrons. The van der Waals surface area contributed by atoms with E-state index < -0.39 is 0 Å². The second-order valence-electron chi connectivity index (χ2n) is 4.36. The van der Waals surface area contributed by atoms with Crippen LogP contribution in [0.1, 0.15) is 32.4 Å². The van der Waals surface area contributed by atoms with Crippen LogP contribution in [0.4, 0.5) is 5.82 Å². The van der Waals surface area contributed by atoms with Crippen LogP contribution in [0.25, 0.3) is 0 Å². The molecule has 1 aromatic rings. The molecule has 0 unspecified atom stereocenters. The number of hydrogen-bond acceptors (Lipinski definition) is 4. The summed E-state index contributed by atoms with van der Waals surface area (Å²) in [6, 6.07) is 5.12. The monoisotopic (exact) mass is 206 g/mol. The van der Waals surface area contributed by atoms with E-state index in [0.29, 0.717) is 6.04 Å². The van der Waals surface area contributed by atoms with Gasteiger partial charge in [-0.25, -0.2) is 0 Å². The molecule has 0 aromatic carbocycles. The number of rotatable bonds is 5. The Kier molecular flexibility index (Phi) is 3.16. The van der Waals surface area contributed by atoms with Crippen molar-refractivity contribution in [3.05, 3.63) is 17.8 Å². The number of anilines is 1. The maximum atomic E-state index is 4.16. The highest BCUT2D eigenvalue weighted by Crippen LogP contribution is 2.18. The van der Waals surface area contributed by atoms with Crippen molar-refractivity contribution in [1.29, 1.82) is 0 Å². The number of hydrogen-bond donors (Lipinski definition) is 2. The Morgan fingerprint density at radius 3 is 2.67 bits per heavy atom. The number of nitrogens with one attached hydrogen (secondary N) is 2. The van der Waals surface area contributed by atoms with Crippen LogP contribution in [0, 0.1) is 0 Å². The lowest BCUT2D eigenvalue weighted by Gasteiger charge is -2.08. The van der Waals surface area contributed by atoms with Crippen molar-refractivity contribution in [1.82, 2.24) is 15.5 Å². The Morgan fingerprint density at radius 2 is 2.13 bits per heavy atom. The van der Waals surface area contributed by atoms with Gasteiger partial charge in [0.2, 0.25) is 0 Å². The lowest BCUT2D eigenvalue weighted by atomic mass is 10.3. The molecule has 4 nitrogen and oxygen atoms in total. The first-order valence-corrected chi connectivity index (χ1v) is 5.56. The molecule has 1 aliphatic rings. The molecular formula is C11H18N4. The van der Waals surface area contributed by atoms with Gasteiger partial charge in [0.1, 0.15) is 5.82 Å². The van der Waals surface area contributed by atoms with Crippen LogP contribution in [0.3, 0.4) is 0 Å². The van der Waals surface area contributed by atoms with E-state index in [2.05, 4.69) is 34.7 Å². The molecule has 0 radical (unpaired) electrons. The molecule has 0 atom stereocenters. The summed E-state index contributed by atoms with van der Waals surface area (Å²) in [5.74, 6) is 0.847. The zero-order valence-electron chi connectivity index (χ0n) is 9.33. The van der Waals surface area contributed by atoms with Crippen LogP contribution in [0.5, 0.6) is 0 Å². The molecule has 1 aliphatic carbocycles. The largest absolute Gasteiger partial charge is 0.366 e. The zero-order chi connectivity index (χ0) is 10.7. The maximum Gasteiger partial charge on any atom is 0.148 e. The predicted molar refractivity (Wildman–Crippen MR) is 60.7 cm³/mol. The van der Waals surface area contributed by atoms with E-state index in [4.69, 9.17) is 0 Å². The van der Waals surface area contributed by atoms with Crippen molar-refractivity contribution < 1.29 is 0 Å². The van der Waals surface area contributed by atoms with Crippen molar-refractivity contribution in [3.63, 3.8) is 0 Å². The van der Waals surface area contributed by atoms with Gasteiger partial charge >= 0.3 is 0 Å². The van der Waals surface area contributed by atoms with Crippen LogP contribution in [-0.4, -0.2) is 22.3 Å². The van der Waals surface area contributed by atoms with Crippen LogP contribution in [0.15, 0.2) is 12.1 Å². The molecule has 1 heterocycles. The summed E-state index contributed by atoms with van der Waals surface area (Å²) < 4.78 is 0. The summed E-state index contributed by atoms with van der Waals surface area (Å²) in [5, 5.41) is 14.9. The highest BCUT2D eigenvalue weighted by atomic mass is 15.2. The fourth-order valence-electron chi connectivity index (χ4n) is 1.36. The van der Waals surface area contributed by atoms with Gasteiger partial charge in [-0.05, 0) is 38.8 Å². The average molecular weight is 206 g/mol. The van der Waals surface area contributed by atoms with E-state index in [1.165, 1.54) is 12.8 Å². The van der Waals surface area contributed by atoms with E-state index in [1.54, 1.807) is 0 Å². The first-order valence-electron chi connectivity index (χ1n) is 5.56. The molecular weight excluding hydrogens is 188 g/mol. The minimum atomic E-state index is 0.398. The SMILES string of the molecule is CC(C)Nc1ccc(CNC2CC2)nn1. The third-order valence-corrected chi connectivity index (χ3v) is 2.31. The van der Waals surface area contributed by atoms with Gasteiger partial charge in [0, 0.05) is 18.6 Å². The summed E-state index contributed by atoms with van der Waals surface area (Å²) in [4.78, 5) is 0. The van der Waals surface area contributed by atoms with Crippen molar-refractivity contribution in [3.8, 4) is 0 Å². The standard InChI is InChI=1S/C11H18N4/c1-8(2)13-11-6-5-10(14-15-11)7-12-9-3-4-9/h5-6,8-9,12H,3-4,7H2,1-2H3,(H,13,15). The molecule has 1 saturated carbocycles. The first kappa shape index (κ1) is 10.4. The highest BCUT2D eigenvalue weighted by molar-refractivity contribution is 5.33. The molecule has 1 fully saturated rings. The minimum absolute atomic E-state index is 0.398. The fraction of sp³-hybridized carbons (Fsp3) is 0.636. The first-order chi connectivity index (χ1) is 7.24. The van der Waals surface area contributed by atoms with E-state index in [-0.39, 0.29) is 0 Å². The number of aromatic nitrogens is 2. The van der Waals surface area contributed by atoms with E-state index >= 15 is 0 Å². The van der Waals surface area contributed by atoms with Crippen LogP contribution in [-0.2, 0) is 6.54 Å². The van der Waals surface area contributed by atoms with Gasteiger partial charge in [0.05, 0.1) is 5.69 Å². The van der Waals surface area contributed by atoms with Crippen molar-refractivity contribution in [2.24, 2.45) is 0 Å². The zero-order valence-corrected chi connectivity index (χ0v) is 9.33. The fourth-order valence-corrected chi connectivity index (χ4v) is 1.36. The lowest BCUT2D eigenvalue weighted by molar-refractivity contribution is 0.665. The molecule has 15 heavy (non-hydrogen) atoms. The molecule has 0 saturated heterocycles. The third-order valence-electron chi connectivity index (χ3n) is 2.31. The Balaban J connectivity index is 1.85. The van der Waals surface area contributed by atoms with Gasteiger partial charge in [0.15, 0.2) is 0 Å². The van der Waals surface area contributed by atoms with Gasteiger partial charge in [0.25, 0.3) is 0 Å². The van der Waals surface area contributed by atoms with Crippen molar-refractivity contribution in [2.45, 2.75) is 45.3 Å². The minimum Gasteiger partial charge on any atom is -0.366 e. The van der Waals surface area contributed by atoms with E-state index in [1.807, 2.05) is 12.1 Å². The molecule has 2 rings (SSSR count). The molecule has 0 amide bonds. The van der Waals surface area contributed by atoms with Gasteiger partial charge < -0.3 is 10.6 Å². The average Bonchev–Trinajstić information content (AvgIpc) is 2.99.